The first-order valence-corrected chi connectivity index (χ1v) is 9.35. The number of nitrogens with two attached hydrogens (primary N) is 1. The summed E-state index contributed by atoms with van der Waals surface area (Å²) in [5.41, 5.74) is 6.21. The maximum atomic E-state index is 11.9. The van der Waals surface area contributed by atoms with Crippen molar-refractivity contribution in [3.05, 3.63) is 40.3 Å². The quantitative estimate of drug-likeness (QED) is 0.248. The minimum atomic E-state index is -1.14. The topological polar surface area (TPSA) is 164 Å². The summed E-state index contributed by atoms with van der Waals surface area (Å²) in [5.74, 6) is 4.51. The standard InChI is InChI=1S/C19H20ClN5O5/c1-30-18(29)13-9(3-2-6-22-13)4-5-11-16(20)24-19(21)25-17(11)23-12-7-10(8-26)14(27)15(12)28/h2-3,6,10,12,14-15,26-28H,7-8H2,1H3,(H3,21,23,24,25)/t10-,12-,14-,15+/m1/s1. The van der Waals surface area contributed by atoms with Gasteiger partial charge in [-0.2, -0.15) is 9.97 Å². The second-order valence-electron chi connectivity index (χ2n) is 6.65. The van der Waals surface area contributed by atoms with Gasteiger partial charge >= 0.3 is 5.97 Å². The number of methoxy groups -OCH3 is 1. The third-order valence-corrected chi connectivity index (χ3v) is 5.02. The lowest BCUT2D eigenvalue weighted by Gasteiger charge is -2.19. The van der Waals surface area contributed by atoms with Crippen molar-refractivity contribution < 1.29 is 24.9 Å². The van der Waals surface area contributed by atoms with Crippen molar-refractivity contribution in [1.29, 1.82) is 0 Å². The molecule has 0 aliphatic heterocycles. The van der Waals surface area contributed by atoms with E-state index in [1.807, 2.05) is 0 Å². The van der Waals surface area contributed by atoms with Gasteiger partial charge in [-0.25, -0.2) is 9.78 Å². The highest BCUT2D eigenvalue weighted by Gasteiger charge is 2.41. The highest BCUT2D eigenvalue weighted by molar-refractivity contribution is 6.31. The molecule has 0 radical (unpaired) electrons. The van der Waals surface area contributed by atoms with Gasteiger partial charge in [-0.3, -0.25) is 0 Å². The van der Waals surface area contributed by atoms with E-state index in [4.69, 9.17) is 22.1 Å². The number of nitrogens with one attached hydrogen (secondary N) is 1. The van der Waals surface area contributed by atoms with E-state index in [1.165, 1.54) is 13.3 Å². The first kappa shape index (κ1) is 21.7. The van der Waals surface area contributed by atoms with Crippen LogP contribution in [0.25, 0.3) is 0 Å². The Morgan fingerprint density at radius 1 is 1.37 bits per heavy atom. The number of anilines is 2. The summed E-state index contributed by atoms with van der Waals surface area (Å²) < 4.78 is 4.70. The molecule has 0 aromatic carbocycles. The zero-order chi connectivity index (χ0) is 21.8. The van der Waals surface area contributed by atoms with Gasteiger partial charge in [-0.15, -0.1) is 0 Å². The summed E-state index contributed by atoms with van der Waals surface area (Å²) >= 11 is 6.20. The SMILES string of the molecule is COC(=O)c1ncccc1C#Cc1c(Cl)nc(N)nc1N[C@@H]1C[C@H](CO)[C@@H](O)[C@H]1O. The van der Waals surface area contributed by atoms with Gasteiger partial charge in [0.1, 0.15) is 17.5 Å². The van der Waals surface area contributed by atoms with Crippen LogP contribution in [0.1, 0.15) is 28.0 Å². The van der Waals surface area contributed by atoms with Gasteiger partial charge in [0.2, 0.25) is 5.95 Å². The van der Waals surface area contributed by atoms with Crippen LogP contribution in [0.3, 0.4) is 0 Å². The summed E-state index contributed by atoms with van der Waals surface area (Å²) in [7, 11) is 1.24. The molecule has 4 atom stereocenters. The van der Waals surface area contributed by atoms with Crippen molar-refractivity contribution in [2.45, 2.75) is 24.7 Å². The van der Waals surface area contributed by atoms with Crippen LogP contribution < -0.4 is 11.1 Å². The number of nitrogen functional groups attached to an aromatic ring is 1. The molecule has 6 N–H and O–H groups in total. The predicted octanol–water partition coefficient (Wildman–Crippen LogP) is -0.192. The molecule has 10 nitrogen and oxygen atoms in total. The fourth-order valence-corrected chi connectivity index (χ4v) is 3.41. The van der Waals surface area contributed by atoms with Crippen molar-refractivity contribution in [1.82, 2.24) is 15.0 Å². The molecule has 2 heterocycles. The molecule has 1 aliphatic carbocycles. The third kappa shape index (κ3) is 4.44. The lowest BCUT2D eigenvalue weighted by molar-refractivity contribution is 0.00445. The van der Waals surface area contributed by atoms with Gasteiger partial charge in [0.25, 0.3) is 0 Å². The van der Waals surface area contributed by atoms with Gasteiger partial charge in [-0.1, -0.05) is 23.4 Å². The van der Waals surface area contributed by atoms with E-state index >= 15 is 0 Å². The molecule has 3 rings (SSSR count). The highest BCUT2D eigenvalue weighted by Crippen LogP contribution is 2.30. The summed E-state index contributed by atoms with van der Waals surface area (Å²) in [6.45, 7) is -0.271. The van der Waals surface area contributed by atoms with Crippen molar-refractivity contribution in [3.63, 3.8) is 0 Å². The van der Waals surface area contributed by atoms with E-state index in [2.05, 4.69) is 32.1 Å². The van der Waals surface area contributed by atoms with Crippen LogP contribution in [0.2, 0.25) is 5.15 Å². The van der Waals surface area contributed by atoms with E-state index in [-0.39, 0.29) is 34.8 Å². The number of hydrogen-bond acceptors (Lipinski definition) is 10. The van der Waals surface area contributed by atoms with Crippen LogP contribution in [0, 0.1) is 17.8 Å². The van der Waals surface area contributed by atoms with Crippen LogP contribution in [0.15, 0.2) is 18.3 Å². The minimum absolute atomic E-state index is 0.0345. The van der Waals surface area contributed by atoms with Gasteiger partial charge in [0.15, 0.2) is 10.8 Å². The number of ether oxygens (including phenoxy) is 1. The van der Waals surface area contributed by atoms with Gasteiger partial charge in [0, 0.05) is 18.7 Å². The lowest BCUT2D eigenvalue weighted by atomic mass is 10.1. The Morgan fingerprint density at radius 3 is 2.80 bits per heavy atom. The molecule has 0 spiro atoms. The number of rotatable bonds is 4. The molecule has 11 heteroatoms. The molecule has 1 fully saturated rings. The molecule has 30 heavy (non-hydrogen) atoms. The van der Waals surface area contributed by atoms with Gasteiger partial charge in [0.05, 0.1) is 24.8 Å². The molecule has 1 saturated carbocycles. The molecule has 158 valence electrons. The zero-order valence-electron chi connectivity index (χ0n) is 15.9. The first-order valence-electron chi connectivity index (χ1n) is 8.97. The lowest BCUT2D eigenvalue weighted by Crippen LogP contribution is -2.35. The zero-order valence-corrected chi connectivity index (χ0v) is 16.7. The Kier molecular flexibility index (Phi) is 6.69. The van der Waals surface area contributed by atoms with E-state index in [1.54, 1.807) is 12.1 Å². The average Bonchev–Trinajstić information content (AvgIpc) is 3.00. The molecule has 1 aliphatic rings. The Labute approximate surface area is 177 Å². The average molecular weight is 434 g/mol. The molecule has 2 aromatic rings. The Morgan fingerprint density at radius 2 is 2.13 bits per heavy atom. The van der Waals surface area contributed by atoms with Crippen LogP contribution in [0.5, 0.6) is 0 Å². The third-order valence-electron chi connectivity index (χ3n) is 4.75. The Bertz CT molecular complexity index is 1010. The second kappa shape index (κ2) is 9.23. The minimum Gasteiger partial charge on any atom is -0.464 e. The molecule has 0 bridgehead atoms. The number of esters is 1. The highest BCUT2D eigenvalue weighted by atomic mass is 35.5. The van der Waals surface area contributed by atoms with Crippen LogP contribution in [-0.4, -0.2) is 68.2 Å². The van der Waals surface area contributed by atoms with Crippen LogP contribution in [-0.2, 0) is 4.74 Å². The number of carbonyl (C=O) groups excluding carboxylic acids is 1. The maximum absolute atomic E-state index is 11.9. The second-order valence-corrected chi connectivity index (χ2v) is 7.01. The van der Waals surface area contributed by atoms with E-state index < -0.39 is 30.1 Å². The Balaban J connectivity index is 1.97. The number of pyridine rings is 1. The summed E-state index contributed by atoms with van der Waals surface area (Å²) in [6, 6.07) is 2.59. The number of aliphatic hydroxyl groups excluding tert-OH is 3. The monoisotopic (exact) mass is 433 g/mol. The molecule has 0 saturated heterocycles. The number of halogens is 1. The van der Waals surface area contributed by atoms with Crippen LogP contribution in [0.4, 0.5) is 11.8 Å². The Hall–Kier alpha value is -2.97. The molecule has 0 unspecified atom stereocenters. The summed E-state index contributed by atoms with van der Waals surface area (Å²) in [4.78, 5) is 23.8. The van der Waals surface area contributed by atoms with Gasteiger partial charge in [-0.05, 0) is 18.6 Å². The smallest absolute Gasteiger partial charge is 0.357 e. The molecule has 0 amide bonds. The maximum Gasteiger partial charge on any atom is 0.357 e. The molecule has 2 aromatic heterocycles. The van der Waals surface area contributed by atoms with E-state index in [9.17, 15) is 20.1 Å². The molecular formula is C19H20ClN5O5. The number of hydrogen-bond donors (Lipinski definition) is 5. The number of aromatic nitrogens is 3. The van der Waals surface area contributed by atoms with Crippen LogP contribution >= 0.6 is 11.6 Å². The fourth-order valence-electron chi connectivity index (χ4n) is 3.18. The first-order chi connectivity index (χ1) is 14.3. The predicted molar refractivity (Wildman–Crippen MR) is 108 cm³/mol. The van der Waals surface area contributed by atoms with Gasteiger partial charge < -0.3 is 31.1 Å². The number of aliphatic hydroxyl groups is 3. The summed E-state index contributed by atoms with van der Waals surface area (Å²) in [6.07, 6.45) is -0.493. The van der Waals surface area contributed by atoms with E-state index in [0.717, 1.165) is 0 Å². The number of nitrogens with zero attached hydrogens (tertiary/aromatic N) is 3. The largest absolute Gasteiger partial charge is 0.464 e. The number of carbonyl (C=O) groups is 1. The van der Waals surface area contributed by atoms with Crippen molar-refractivity contribution in [2.24, 2.45) is 5.92 Å². The van der Waals surface area contributed by atoms with Crippen molar-refractivity contribution in [2.75, 3.05) is 24.8 Å². The summed E-state index contributed by atoms with van der Waals surface area (Å²) in [5, 5.41) is 32.6. The fraction of sp³-hybridized carbons (Fsp3) is 0.368. The van der Waals surface area contributed by atoms with Crippen molar-refractivity contribution >= 4 is 29.3 Å². The molecular weight excluding hydrogens is 414 g/mol. The van der Waals surface area contributed by atoms with E-state index in [0.29, 0.717) is 12.0 Å². The normalized spacial score (nSPS) is 22.8. The van der Waals surface area contributed by atoms with Crippen molar-refractivity contribution in [3.8, 4) is 11.8 Å².